The second-order valence-electron chi connectivity index (χ2n) is 5.74. The number of nitrogens with two attached hydrogens (primary N) is 1. The maximum atomic E-state index is 13.0. The molecule has 8 heteroatoms. The average molecular weight is 358 g/mol. The summed E-state index contributed by atoms with van der Waals surface area (Å²) in [6, 6.07) is 6.72. The highest BCUT2D eigenvalue weighted by Gasteiger charge is 2.62. The number of hydrogen-bond acceptors (Lipinski definition) is 8. The molecule has 0 fully saturated rings. The van der Waals surface area contributed by atoms with E-state index in [0.717, 1.165) is 0 Å². The van der Waals surface area contributed by atoms with E-state index in [4.69, 9.17) is 19.9 Å². The maximum Gasteiger partial charge on any atom is 0.339 e. The number of anilines is 1. The van der Waals surface area contributed by atoms with E-state index in [1.54, 1.807) is 31.2 Å². The molecule has 136 valence electrons. The standard InChI is InChI=1S/C18H18N2O6/c1-4-25-16(22)13-14(19)20-11-8-6-5-7-10(11)18(13)12(15(21)24-3)9(2)26-17(18)23/h5-8,20H,4,19H2,1-3H3/t18-/m0/s1. The van der Waals surface area contributed by atoms with Crippen LogP contribution in [-0.2, 0) is 34.0 Å². The van der Waals surface area contributed by atoms with Gasteiger partial charge in [0.15, 0.2) is 5.41 Å². The fourth-order valence-corrected chi connectivity index (χ4v) is 3.43. The zero-order chi connectivity index (χ0) is 19.1. The highest BCUT2D eigenvalue weighted by Crippen LogP contribution is 2.52. The number of benzene rings is 1. The van der Waals surface area contributed by atoms with E-state index in [1.165, 1.54) is 14.0 Å². The van der Waals surface area contributed by atoms with Crippen LogP contribution in [-0.4, -0.2) is 31.6 Å². The summed E-state index contributed by atoms with van der Waals surface area (Å²) in [4.78, 5) is 38.3. The molecule has 1 spiro atoms. The van der Waals surface area contributed by atoms with E-state index in [9.17, 15) is 14.4 Å². The van der Waals surface area contributed by atoms with Crippen molar-refractivity contribution in [3.05, 3.63) is 52.6 Å². The average Bonchev–Trinajstić information content (AvgIpc) is 2.85. The number of rotatable bonds is 3. The number of hydrogen-bond donors (Lipinski definition) is 2. The van der Waals surface area contributed by atoms with Crippen LogP contribution in [0.4, 0.5) is 5.69 Å². The van der Waals surface area contributed by atoms with Gasteiger partial charge in [-0.2, -0.15) is 0 Å². The number of nitrogens with one attached hydrogen (secondary N) is 1. The van der Waals surface area contributed by atoms with Gasteiger partial charge in [0.05, 0.1) is 13.7 Å². The number of cyclic esters (lactones) is 1. The summed E-state index contributed by atoms with van der Waals surface area (Å²) in [5, 5.41) is 2.89. The van der Waals surface area contributed by atoms with Crippen LogP contribution >= 0.6 is 0 Å². The van der Waals surface area contributed by atoms with E-state index >= 15 is 0 Å². The number of ether oxygens (including phenoxy) is 3. The predicted octanol–water partition coefficient (Wildman–Crippen LogP) is 1.09. The van der Waals surface area contributed by atoms with Gasteiger partial charge in [-0.1, -0.05) is 18.2 Å². The van der Waals surface area contributed by atoms with Crippen molar-refractivity contribution in [2.75, 3.05) is 19.0 Å². The third-order valence-electron chi connectivity index (χ3n) is 4.39. The molecule has 0 aromatic heterocycles. The van der Waals surface area contributed by atoms with Crippen LogP contribution in [0.25, 0.3) is 0 Å². The lowest BCUT2D eigenvalue weighted by Crippen LogP contribution is -2.47. The van der Waals surface area contributed by atoms with Crippen LogP contribution in [0.1, 0.15) is 19.4 Å². The lowest BCUT2D eigenvalue weighted by atomic mass is 9.67. The Hall–Kier alpha value is -3.29. The molecule has 0 amide bonds. The van der Waals surface area contributed by atoms with Gasteiger partial charge in [0.1, 0.15) is 22.7 Å². The minimum atomic E-state index is -1.85. The van der Waals surface area contributed by atoms with Gasteiger partial charge in [0.2, 0.25) is 0 Å². The van der Waals surface area contributed by atoms with Crippen molar-refractivity contribution in [3.63, 3.8) is 0 Å². The minimum Gasteiger partial charge on any atom is -0.466 e. The first-order valence-electron chi connectivity index (χ1n) is 7.95. The van der Waals surface area contributed by atoms with E-state index in [1.807, 2.05) is 0 Å². The van der Waals surface area contributed by atoms with Crippen LogP contribution in [0, 0.1) is 0 Å². The van der Waals surface area contributed by atoms with Gasteiger partial charge in [0.25, 0.3) is 0 Å². The van der Waals surface area contributed by atoms with E-state index in [0.29, 0.717) is 11.3 Å². The first kappa shape index (κ1) is 17.5. The fourth-order valence-electron chi connectivity index (χ4n) is 3.43. The molecule has 1 aromatic carbocycles. The Morgan fingerprint density at radius 3 is 2.58 bits per heavy atom. The Morgan fingerprint density at radius 1 is 1.23 bits per heavy atom. The van der Waals surface area contributed by atoms with Crippen LogP contribution in [0.5, 0.6) is 0 Å². The highest BCUT2D eigenvalue weighted by molar-refractivity contribution is 6.15. The molecule has 0 saturated heterocycles. The molecular formula is C18H18N2O6. The molecule has 0 unspecified atom stereocenters. The SMILES string of the molecule is CCOC(=O)C1=C(N)Nc2ccccc2[C@@]12C(=O)OC(C)=C2C(=O)OC. The zero-order valence-electron chi connectivity index (χ0n) is 14.5. The molecule has 0 radical (unpaired) electrons. The summed E-state index contributed by atoms with van der Waals surface area (Å²) in [5.41, 5.74) is 4.78. The van der Waals surface area contributed by atoms with Crippen LogP contribution in [0.15, 0.2) is 47.0 Å². The molecule has 1 aromatic rings. The van der Waals surface area contributed by atoms with Gasteiger partial charge in [-0.3, -0.25) is 0 Å². The number of allylic oxidation sites excluding steroid dienone is 1. The summed E-state index contributed by atoms with van der Waals surface area (Å²) in [6.45, 7) is 3.15. The van der Waals surface area contributed by atoms with Crippen molar-refractivity contribution < 1.29 is 28.6 Å². The van der Waals surface area contributed by atoms with Gasteiger partial charge >= 0.3 is 17.9 Å². The van der Waals surface area contributed by atoms with E-state index < -0.39 is 23.3 Å². The number of carbonyl (C=O) groups excluding carboxylic acids is 3. The number of fused-ring (bicyclic) bond motifs is 2. The Balaban J connectivity index is 2.41. The lowest BCUT2D eigenvalue weighted by molar-refractivity contribution is -0.146. The minimum absolute atomic E-state index is 0.0492. The van der Waals surface area contributed by atoms with Crippen molar-refractivity contribution in [2.24, 2.45) is 5.73 Å². The van der Waals surface area contributed by atoms with Crippen molar-refractivity contribution in [1.29, 1.82) is 0 Å². The summed E-state index contributed by atoms with van der Waals surface area (Å²) < 4.78 is 15.2. The lowest BCUT2D eigenvalue weighted by Gasteiger charge is -2.35. The largest absolute Gasteiger partial charge is 0.466 e. The van der Waals surface area contributed by atoms with Crippen LogP contribution in [0.3, 0.4) is 0 Å². The van der Waals surface area contributed by atoms with Crippen molar-refractivity contribution in [2.45, 2.75) is 19.3 Å². The summed E-state index contributed by atoms with van der Waals surface area (Å²) in [6.07, 6.45) is 0. The molecule has 0 bridgehead atoms. The van der Waals surface area contributed by atoms with Crippen molar-refractivity contribution in [1.82, 2.24) is 0 Å². The van der Waals surface area contributed by atoms with Gasteiger partial charge < -0.3 is 25.3 Å². The molecule has 8 nitrogen and oxygen atoms in total. The van der Waals surface area contributed by atoms with Crippen LogP contribution < -0.4 is 11.1 Å². The molecule has 3 N–H and O–H groups in total. The molecule has 2 heterocycles. The zero-order valence-corrected chi connectivity index (χ0v) is 14.5. The third kappa shape index (κ3) is 2.18. The Morgan fingerprint density at radius 2 is 1.92 bits per heavy atom. The number of methoxy groups -OCH3 is 1. The van der Waals surface area contributed by atoms with Gasteiger partial charge in [-0.15, -0.1) is 0 Å². The molecule has 1 atom stereocenters. The van der Waals surface area contributed by atoms with Gasteiger partial charge in [-0.25, -0.2) is 14.4 Å². The molecule has 2 aliphatic heterocycles. The molecule has 0 saturated carbocycles. The second-order valence-corrected chi connectivity index (χ2v) is 5.74. The predicted molar refractivity (Wildman–Crippen MR) is 90.4 cm³/mol. The number of carbonyl (C=O) groups is 3. The Labute approximate surface area is 149 Å². The van der Waals surface area contributed by atoms with Crippen molar-refractivity contribution in [3.8, 4) is 0 Å². The monoisotopic (exact) mass is 358 g/mol. The van der Waals surface area contributed by atoms with E-state index in [2.05, 4.69) is 5.32 Å². The molecule has 3 rings (SSSR count). The first-order valence-corrected chi connectivity index (χ1v) is 7.95. The number of esters is 3. The molecule has 26 heavy (non-hydrogen) atoms. The summed E-state index contributed by atoms with van der Waals surface area (Å²) in [5.74, 6) is -2.46. The summed E-state index contributed by atoms with van der Waals surface area (Å²) in [7, 11) is 1.18. The third-order valence-corrected chi connectivity index (χ3v) is 4.39. The Bertz CT molecular complexity index is 885. The van der Waals surface area contributed by atoms with Crippen LogP contribution in [0.2, 0.25) is 0 Å². The van der Waals surface area contributed by atoms with Gasteiger partial charge in [0, 0.05) is 11.3 Å². The molecule has 0 aliphatic carbocycles. The highest BCUT2D eigenvalue weighted by atomic mass is 16.6. The normalized spacial score (nSPS) is 21.3. The first-order chi connectivity index (χ1) is 12.4. The topological polar surface area (TPSA) is 117 Å². The van der Waals surface area contributed by atoms with E-state index in [-0.39, 0.29) is 29.3 Å². The quantitative estimate of drug-likeness (QED) is 0.609. The molecule has 2 aliphatic rings. The Kier molecular flexibility index (Phi) is 4.19. The maximum absolute atomic E-state index is 13.0. The second kappa shape index (κ2) is 6.21. The smallest absolute Gasteiger partial charge is 0.339 e. The van der Waals surface area contributed by atoms with Gasteiger partial charge in [-0.05, 0) is 19.9 Å². The summed E-state index contributed by atoms with van der Waals surface area (Å²) >= 11 is 0. The molecular weight excluding hydrogens is 340 g/mol. The number of para-hydroxylation sites is 1. The van der Waals surface area contributed by atoms with Crippen molar-refractivity contribution >= 4 is 23.6 Å². The fraction of sp³-hybridized carbons (Fsp3) is 0.278.